The molecule has 2 heterocycles. The number of hydrogen-bond donors (Lipinski definition) is 1. The van der Waals surface area contributed by atoms with Crippen LogP contribution in [0.3, 0.4) is 0 Å². The van der Waals surface area contributed by atoms with Crippen LogP contribution in [0.15, 0.2) is 54.9 Å². The minimum absolute atomic E-state index is 0.122. The Kier molecular flexibility index (Phi) is 6.71. The summed E-state index contributed by atoms with van der Waals surface area (Å²) in [6.07, 6.45) is -0.952. The lowest BCUT2D eigenvalue weighted by Crippen LogP contribution is -2.24. The molecule has 3 aromatic rings. The highest BCUT2D eigenvalue weighted by Crippen LogP contribution is 2.18. The molecule has 158 valence electrons. The van der Waals surface area contributed by atoms with Crippen LogP contribution in [0, 0.1) is 0 Å². The number of ether oxygens (including phenoxy) is 1. The van der Waals surface area contributed by atoms with E-state index in [1.165, 1.54) is 18.5 Å². The quantitative estimate of drug-likeness (QED) is 0.605. The number of aromatic nitrogens is 3. The van der Waals surface area contributed by atoms with E-state index in [0.717, 1.165) is 11.3 Å². The lowest BCUT2D eigenvalue weighted by Gasteiger charge is -2.10. The van der Waals surface area contributed by atoms with Crippen LogP contribution >= 0.6 is 0 Å². The van der Waals surface area contributed by atoms with E-state index in [4.69, 9.17) is 0 Å². The molecule has 0 unspecified atom stereocenters. The first kappa shape index (κ1) is 21.4. The summed E-state index contributed by atoms with van der Waals surface area (Å²) in [5.41, 5.74) is 2.92. The first-order valence-corrected chi connectivity index (χ1v) is 9.37. The number of rotatable bonds is 8. The van der Waals surface area contributed by atoms with Gasteiger partial charge in [-0.1, -0.05) is 37.3 Å². The molecule has 0 aliphatic rings. The largest absolute Gasteiger partial charge is 0.468 e. The van der Waals surface area contributed by atoms with Crippen molar-refractivity contribution in [1.29, 1.82) is 0 Å². The van der Waals surface area contributed by atoms with E-state index < -0.39 is 12.8 Å². The third kappa shape index (κ3) is 5.82. The average molecular weight is 418 g/mol. The second kappa shape index (κ2) is 9.43. The van der Waals surface area contributed by atoms with Crippen molar-refractivity contribution in [3.63, 3.8) is 0 Å². The van der Waals surface area contributed by atoms with Crippen LogP contribution in [0.1, 0.15) is 34.1 Å². The molecule has 0 spiro atoms. The molecule has 0 aliphatic heterocycles. The first-order valence-electron chi connectivity index (χ1n) is 9.37. The van der Waals surface area contributed by atoms with Crippen LogP contribution in [0.4, 0.5) is 13.2 Å². The van der Waals surface area contributed by atoms with Crippen molar-refractivity contribution < 1.29 is 22.7 Å². The molecule has 0 fully saturated rings. The predicted molar refractivity (Wildman–Crippen MR) is 104 cm³/mol. The van der Waals surface area contributed by atoms with Crippen molar-refractivity contribution in [3.05, 3.63) is 77.2 Å². The molecular formula is C21H21F3N4O2. The minimum atomic E-state index is -4.44. The number of nitrogens with one attached hydrogen (secondary N) is 1. The molecule has 0 saturated carbocycles. The number of carbonyl (C=O) groups is 1. The van der Waals surface area contributed by atoms with E-state index >= 15 is 0 Å². The number of amides is 1. The Morgan fingerprint density at radius 1 is 1.17 bits per heavy atom. The van der Waals surface area contributed by atoms with E-state index in [0.29, 0.717) is 24.1 Å². The summed E-state index contributed by atoms with van der Waals surface area (Å²) in [4.78, 5) is 16.4. The monoisotopic (exact) mass is 418 g/mol. The molecular weight excluding hydrogens is 397 g/mol. The standard InChI is InChI=1S/C21H21F3N4O2/c1-2-18-17(12-27-28(18)13-15-6-4-3-5-7-15)20(29)26-11-16-8-9-25-19(10-16)30-14-21(22,23)24/h3-10,12H,2,11,13-14H2,1H3,(H,26,29). The van der Waals surface area contributed by atoms with Gasteiger partial charge in [-0.05, 0) is 23.6 Å². The maximum Gasteiger partial charge on any atom is 0.422 e. The van der Waals surface area contributed by atoms with Crippen LogP contribution in [-0.4, -0.2) is 33.5 Å². The van der Waals surface area contributed by atoms with Crippen LogP contribution < -0.4 is 10.1 Å². The van der Waals surface area contributed by atoms with Gasteiger partial charge in [0.1, 0.15) is 0 Å². The van der Waals surface area contributed by atoms with Gasteiger partial charge in [-0.25, -0.2) is 4.98 Å². The number of pyridine rings is 1. The van der Waals surface area contributed by atoms with Gasteiger partial charge in [0.25, 0.3) is 5.91 Å². The molecule has 1 aromatic carbocycles. The maximum atomic E-state index is 12.6. The Morgan fingerprint density at radius 2 is 1.93 bits per heavy atom. The summed E-state index contributed by atoms with van der Waals surface area (Å²) in [5.74, 6) is -0.454. The Bertz CT molecular complexity index is 987. The fraction of sp³-hybridized carbons (Fsp3) is 0.286. The van der Waals surface area contributed by atoms with E-state index in [1.54, 1.807) is 10.7 Å². The predicted octanol–water partition coefficient (Wildman–Crippen LogP) is 3.76. The van der Waals surface area contributed by atoms with Crippen molar-refractivity contribution in [2.24, 2.45) is 0 Å². The normalized spacial score (nSPS) is 11.3. The number of nitrogens with zero attached hydrogens (tertiary/aromatic N) is 3. The summed E-state index contributed by atoms with van der Waals surface area (Å²) in [6.45, 7) is 1.21. The van der Waals surface area contributed by atoms with E-state index in [1.807, 2.05) is 37.3 Å². The first-order chi connectivity index (χ1) is 14.4. The Morgan fingerprint density at radius 3 is 2.63 bits per heavy atom. The molecule has 0 bridgehead atoms. The molecule has 3 rings (SSSR count). The SMILES string of the molecule is CCc1c(C(=O)NCc2ccnc(OCC(F)(F)F)c2)cnn1Cc1ccccc1. The Hall–Kier alpha value is -3.36. The summed E-state index contributed by atoms with van der Waals surface area (Å²) in [7, 11) is 0. The molecule has 2 aromatic heterocycles. The number of alkyl halides is 3. The minimum Gasteiger partial charge on any atom is -0.468 e. The van der Waals surface area contributed by atoms with E-state index in [9.17, 15) is 18.0 Å². The van der Waals surface area contributed by atoms with Gasteiger partial charge in [-0.15, -0.1) is 0 Å². The lowest BCUT2D eigenvalue weighted by molar-refractivity contribution is -0.154. The Labute approximate surface area is 171 Å². The maximum absolute atomic E-state index is 12.6. The van der Waals surface area contributed by atoms with Crippen molar-refractivity contribution >= 4 is 5.91 Å². The molecule has 9 heteroatoms. The molecule has 30 heavy (non-hydrogen) atoms. The molecule has 0 saturated heterocycles. The van der Waals surface area contributed by atoms with Crippen molar-refractivity contribution in [2.75, 3.05) is 6.61 Å². The third-order valence-corrected chi connectivity index (χ3v) is 4.34. The second-order valence-electron chi connectivity index (χ2n) is 6.59. The van der Waals surface area contributed by atoms with Gasteiger partial charge in [0.05, 0.1) is 24.0 Å². The van der Waals surface area contributed by atoms with Gasteiger partial charge in [-0.3, -0.25) is 9.48 Å². The van der Waals surface area contributed by atoms with Gasteiger partial charge in [0.2, 0.25) is 5.88 Å². The highest BCUT2D eigenvalue weighted by Gasteiger charge is 2.28. The van der Waals surface area contributed by atoms with Crippen molar-refractivity contribution in [3.8, 4) is 5.88 Å². The lowest BCUT2D eigenvalue weighted by atomic mass is 10.1. The summed E-state index contributed by atoms with van der Waals surface area (Å²) in [5, 5.41) is 7.11. The number of benzene rings is 1. The molecule has 1 amide bonds. The van der Waals surface area contributed by atoms with Gasteiger partial charge in [0.15, 0.2) is 6.61 Å². The summed E-state index contributed by atoms with van der Waals surface area (Å²) < 4.78 is 43.3. The van der Waals surface area contributed by atoms with E-state index in [2.05, 4.69) is 20.1 Å². The summed E-state index contributed by atoms with van der Waals surface area (Å²) >= 11 is 0. The second-order valence-corrected chi connectivity index (χ2v) is 6.59. The molecule has 1 N–H and O–H groups in total. The molecule has 6 nitrogen and oxygen atoms in total. The zero-order valence-electron chi connectivity index (χ0n) is 16.3. The zero-order valence-corrected chi connectivity index (χ0v) is 16.3. The fourth-order valence-electron chi connectivity index (χ4n) is 2.94. The van der Waals surface area contributed by atoms with Crippen molar-refractivity contribution in [2.45, 2.75) is 32.6 Å². The Balaban J connectivity index is 1.64. The molecule has 0 radical (unpaired) electrons. The number of carbonyl (C=O) groups excluding carboxylic acids is 1. The van der Waals surface area contributed by atoms with Gasteiger partial charge >= 0.3 is 6.18 Å². The average Bonchev–Trinajstić information content (AvgIpc) is 3.13. The topological polar surface area (TPSA) is 69.0 Å². The van der Waals surface area contributed by atoms with Crippen molar-refractivity contribution in [1.82, 2.24) is 20.1 Å². The van der Waals surface area contributed by atoms with Gasteiger partial charge in [0, 0.05) is 18.8 Å². The van der Waals surface area contributed by atoms with Gasteiger partial charge < -0.3 is 10.1 Å². The highest BCUT2D eigenvalue weighted by atomic mass is 19.4. The highest BCUT2D eigenvalue weighted by molar-refractivity contribution is 5.95. The summed E-state index contributed by atoms with van der Waals surface area (Å²) in [6, 6.07) is 12.8. The van der Waals surface area contributed by atoms with Crippen LogP contribution in [-0.2, 0) is 19.5 Å². The van der Waals surface area contributed by atoms with E-state index in [-0.39, 0.29) is 18.3 Å². The molecule has 0 aliphatic carbocycles. The van der Waals surface area contributed by atoms with Crippen LogP contribution in [0.5, 0.6) is 5.88 Å². The number of hydrogen-bond acceptors (Lipinski definition) is 4. The smallest absolute Gasteiger partial charge is 0.422 e. The van der Waals surface area contributed by atoms with Crippen LogP contribution in [0.2, 0.25) is 0 Å². The molecule has 0 atom stereocenters. The van der Waals surface area contributed by atoms with Crippen LogP contribution in [0.25, 0.3) is 0 Å². The zero-order chi connectivity index (χ0) is 21.6. The fourth-order valence-corrected chi connectivity index (χ4v) is 2.94. The van der Waals surface area contributed by atoms with Gasteiger partial charge in [-0.2, -0.15) is 18.3 Å². The third-order valence-electron chi connectivity index (χ3n) is 4.34. The number of halogens is 3.